The molecule has 7 heteroatoms. The summed E-state index contributed by atoms with van der Waals surface area (Å²) in [5, 5.41) is 6.11. The minimum absolute atomic E-state index is 0.136. The van der Waals surface area contributed by atoms with Crippen molar-refractivity contribution in [2.24, 2.45) is 12.9 Å². The quantitative estimate of drug-likeness (QED) is 0.591. The van der Waals surface area contributed by atoms with Gasteiger partial charge in [-0.3, -0.25) is 10.5 Å². The molecule has 0 bridgehead atoms. The minimum atomic E-state index is -0.136. The van der Waals surface area contributed by atoms with E-state index in [1.165, 1.54) is 0 Å². The largest absolute Gasteiger partial charge is 0.384 e. The number of nitrogen functional groups attached to an aromatic ring is 1. The summed E-state index contributed by atoms with van der Waals surface area (Å²) in [5.41, 5.74) is 9.57. The van der Waals surface area contributed by atoms with E-state index in [0.29, 0.717) is 5.82 Å². The van der Waals surface area contributed by atoms with Gasteiger partial charge in [0.1, 0.15) is 5.82 Å². The van der Waals surface area contributed by atoms with Crippen molar-refractivity contribution in [3.63, 3.8) is 0 Å². The number of anilines is 1. The number of thiophene rings is 1. The van der Waals surface area contributed by atoms with Crippen molar-refractivity contribution >= 4 is 33.1 Å². The zero-order chi connectivity index (χ0) is 11.7. The molecule has 0 saturated carbocycles. The van der Waals surface area contributed by atoms with E-state index in [2.05, 4.69) is 26.5 Å². The van der Waals surface area contributed by atoms with Crippen molar-refractivity contribution < 1.29 is 0 Å². The number of rotatable bonds is 3. The highest BCUT2D eigenvalue weighted by molar-refractivity contribution is 9.10. The molecular weight excluding hydrogens is 290 g/mol. The standard InChI is InChI=1S/C9H12BrN5S/c1-15-9(11)5(4-13-15)7(14-12)8-6(10)2-3-16-8/h2-4,7,14H,11-12H2,1H3. The minimum Gasteiger partial charge on any atom is -0.384 e. The van der Waals surface area contributed by atoms with E-state index in [1.807, 2.05) is 11.4 Å². The number of hydrogen-bond acceptors (Lipinski definition) is 5. The summed E-state index contributed by atoms with van der Waals surface area (Å²) in [6.45, 7) is 0. The van der Waals surface area contributed by atoms with Gasteiger partial charge in [0, 0.05) is 22.0 Å². The summed E-state index contributed by atoms with van der Waals surface area (Å²) in [6, 6.07) is 1.85. The van der Waals surface area contributed by atoms with Gasteiger partial charge in [0.2, 0.25) is 0 Å². The number of aromatic nitrogens is 2. The first-order valence-electron chi connectivity index (χ1n) is 4.61. The van der Waals surface area contributed by atoms with Crippen LogP contribution < -0.4 is 17.0 Å². The maximum absolute atomic E-state index is 5.93. The molecule has 0 fully saturated rings. The van der Waals surface area contributed by atoms with Gasteiger partial charge in [0.05, 0.1) is 12.2 Å². The summed E-state index contributed by atoms with van der Waals surface area (Å²) in [5.74, 6) is 6.20. The third-order valence-electron chi connectivity index (χ3n) is 2.40. The first-order valence-corrected chi connectivity index (χ1v) is 6.28. The molecule has 0 aliphatic carbocycles. The zero-order valence-electron chi connectivity index (χ0n) is 8.64. The summed E-state index contributed by atoms with van der Waals surface area (Å²) < 4.78 is 2.64. The van der Waals surface area contributed by atoms with Crippen LogP contribution in [-0.2, 0) is 7.05 Å². The molecule has 1 unspecified atom stereocenters. The van der Waals surface area contributed by atoms with E-state index in [-0.39, 0.29) is 6.04 Å². The van der Waals surface area contributed by atoms with Crippen LogP contribution in [0.2, 0.25) is 0 Å². The van der Waals surface area contributed by atoms with Crippen molar-refractivity contribution in [2.75, 3.05) is 5.73 Å². The van der Waals surface area contributed by atoms with Crippen molar-refractivity contribution in [1.82, 2.24) is 15.2 Å². The van der Waals surface area contributed by atoms with Crippen LogP contribution in [0.5, 0.6) is 0 Å². The van der Waals surface area contributed by atoms with Crippen molar-refractivity contribution in [2.45, 2.75) is 6.04 Å². The highest BCUT2D eigenvalue weighted by Crippen LogP contribution is 2.34. The van der Waals surface area contributed by atoms with Gasteiger partial charge in [-0.05, 0) is 27.4 Å². The summed E-state index contributed by atoms with van der Waals surface area (Å²) in [4.78, 5) is 1.09. The Morgan fingerprint density at radius 2 is 2.38 bits per heavy atom. The van der Waals surface area contributed by atoms with Crippen LogP contribution in [0.1, 0.15) is 16.5 Å². The number of nitrogens with two attached hydrogens (primary N) is 2. The molecule has 86 valence electrons. The van der Waals surface area contributed by atoms with E-state index in [9.17, 15) is 0 Å². The summed E-state index contributed by atoms with van der Waals surface area (Å²) >= 11 is 5.10. The van der Waals surface area contributed by atoms with Crippen LogP contribution in [-0.4, -0.2) is 9.78 Å². The molecule has 2 heterocycles. The number of nitrogens with one attached hydrogen (secondary N) is 1. The van der Waals surface area contributed by atoms with Crippen LogP contribution in [0, 0.1) is 0 Å². The topological polar surface area (TPSA) is 81.9 Å². The van der Waals surface area contributed by atoms with Gasteiger partial charge in [0.15, 0.2) is 0 Å². The number of aryl methyl sites for hydroxylation is 1. The lowest BCUT2D eigenvalue weighted by molar-refractivity contribution is 0.646. The van der Waals surface area contributed by atoms with Gasteiger partial charge in [-0.15, -0.1) is 11.3 Å². The third-order valence-corrected chi connectivity index (χ3v) is 4.33. The highest BCUT2D eigenvalue weighted by atomic mass is 79.9. The fourth-order valence-corrected chi connectivity index (χ4v) is 3.18. The Labute approximate surface area is 106 Å². The smallest absolute Gasteiger partial charge is 0.126 e. The Kier molecular flexibility index (Phi) is 3.29. The first-order chi connectivity index (χ1) is 7.65. The van der Waals surface area contributed by atoms with Crippen molar-refractivity contribution in [1.29, 1.82) is 0 Å². The molecular formula is C9H12BrN5S. The second kappa shape index (κ2) is 4.54. The molecule has 0 amide bonds. The molecule has 16 heavy (non-hydrogen) atoms. The number of halogens is 1. The predicted molar refractivity (Wildman–Crippen MR) is 68.8 cm³/mol. The average Bonchev–Trinajstić information content (AvgIpc) is 2.81. The monoisotopic (exact) mass is 301 g/mol. The van der Waals surface area contributed by atoms with Gasteiger partial charge in [-0.1, -0.05) is 0 Å². The Hall–Kier alpha value is -0.890. The maximum Gasteiger partial charge on any atom is 0.126 e. The summed E-state index contributed by atoms with van der Waals surface area (Å²) in [7, 11) is 1.80. The van der Waals surface area contributed by atoms with E-state index in [0.717, 1.165) is 14.9 Å². The number of hydrogen-bond donors (Lipinski definition) is 3. The Balaban J connectivity index is 2.45. The van der Waals surface area contributed by atoms with Crippen LogP contribution in [0.25, 0.3) is 0 Å². The van der Waals surface area contributed by atoms with Gasteiger partial charge in [-0.2, -0.15) is 5.10 Å². The van der Waals surface area contributed by atoms with Gasteiger partial charge in [0.25, 0.3) is 0 Å². The van der Waals surface area contributed by atoms with Crippen LogP contribution in [0.4, 0.5) is 5.82 Å². The molecule has 2 rings (SSSR count). The molecule has 5 nitrogen and oxygen atoms in total. The Bertz CT molecular complexity index is 492. The van der Waals surface area contributed by atoms with Gasteiger partial charge >= 0.3 is 0 Å². The molecule has 5 N–H and O–H groups in total. The normalized spacial score (nSPS) is 12.9. The van der Waals surface area contributed by atoms with Gasteiger partial charge in [-0.25, -0.2) is 5.43 Å². The second-order valence-electron chi connectivity index (χ2n) is 3.34. The number of nitrogens with zero attached hydrogens (tertiary/aromatic N) is 2. The van der Waals surface area contributed by atoms with E-state index in [4.69, 9.17) is 11.6 Å². The molecule has 0 saturated heterocycles. The first kappa shape index (κ1) is 11.6. The van der Waals surface area contributed by atoms with Crippen molar-refractivity contribution in [3.05, 3.63) is 32.6 Å². The lowest BCUT2D eigenvalue weighted by Crippen LogP contribution is -2.28. The Morgan fingerprint density at radius 1 is 1.62 bits per heavy atom. The van der Waals surface area contributed by atoms with E-state index >= 15 is 0 Å². The SMILES string of the molecule is Cn1ncc(C(NN)c2sccc2Br)c1N. The van der Waals surface area contributed by atoms with Crippen molar-refractivity contribution in [3.8, 4) is 0 Å². The molecule has 0 radical (unpaired) electrons. The van der Waals surface area contributed by atoms with E-state index in [1.54, 1.807) is 29.3 Å². The molecule has 0 aromatic carbocycles. The molecule has 2 aromatic heterocycles. The van der Waals surface area contributed by atoms with Crippen LogP contribution in [0.15, 0.2) is 22.1 Å². The molecule has 2 aromatic rings. The summed E-state index contributed by atoms with van der Waals surface area (Å²) in [6.07, 6.45) is 1.73. The Morgan fingerprint density at radius 3 is 2.81 bits per heavy atom. The van der Waals surface area contributed by atoms with Crippen LogP contribution in [0.3, 0.4) is 0 Å². The number of hydrazine groups is 1. The molecule has 1 atom stereocenters. The lowest BCUT2D eigenvalue weighted by atomic mass is 10.1. The third kappa shape index (κ3) is 1.86. The zero-order valence-corrected chi connectivity index (χ0v) is 11.0. The second-order valence-corrected chi connectivity index (χ2v) is 5.14. The predicted octanol–water partition coefficient (Wildman–Crippen LogP) is 1.38. The van der Waals surface area contributed by atoms with E-state index < -0.39 is 0 Å². The van der Waals surface area contributed by atoms with Gasteiger partial charge < -0.3 is 5.73 Å². The lowest BCUT2D eigenvalue weighted by Gasteiger charge is -2.14. The molecule has 0 aliphatic rings. The van der Waals surface area contributed by atoms with Crippen LogP contribution >= 0.6 is 27.3 Å². The fourth-order valence-electron chi connectivity index (χ4n) is 1.50. The molecule has 0 spiro atoms. The molecule has 0 aliphatic heterocycles. The fraction of sp³-hybridized carbons (Fsp3) is 0.222. The average molecular weight is 302 g/mol. The highest BCUT2D eigenvalue weighted by Gasteiger charge is 2.21. The maximum atomic E-state index is 5.93.